The molecule has 1 aliphatic heterocycles. The van der Waals surface area contributed by atoms with Crippen LogP contribution in [0.3, 0.4) is 0 Å². The zero-order valence-electron chi connectivity index (χ0n) is 14.4. The van der Waals surface area contributed by atoms with E-state index in [1.165, 1.54) is 0 Å². The first-order valence-corrected chi connectivity index (χ1v) is 9.22. The van der Waals surface area contributed by atoms with Gasteiger partial charge in [-0.15, -0.1) is 0 Å². The fourth-order valence-corrected chi connectivity index (χ4v) is 3.28. The van der Waals surface area contributed by atoms with Crippen LogP contribution < -0.4 is 4.74 Å². The minimum absolute atomic E-state index is 0.0486. The number of amides is 1. The summed E-state index contributed by atoms with van der Waals surface area (Å²) in [6, 6.07) is 15.3. The van der Waals surface area contributed by atoms with E-state index in [9.17, 15) is 4.79 Å². The quantitative estimate of drug-likeness (QED) is 0.764. The number of morpholine rings is 1. The van der Waals surface area contributed by atoms with Gasteiger partial charge < -0.3 is 14.4 Å². The van der Waals surface area contributed by atoms with E-state index in [2.05, 4.69) is 15.9 Å². The summed E-state index contributed by atoms with van der Waals surface area (Å²) in [6.45, 7) is 5.68. The average Bonchev–Trinajstić information content (AvgIpc) is 2.60. The lowest BCUT2D eigenvalue weighted by Gasteiger charge is -2.35. The van der Waals surface area contributed by atoms with Gasteiger partial charge in [0.05, 0.1) is 12.2 Å². The average molecular weight is 404 g/mol. The SMILES string of the molecule is CC1CN(C(=O)c2cccc(COc3ccc(Br)cc3)c2)CC(C)O1. The van der Waals surface area contributed by atoms with E-state index in [-0.39, 0.29) is 18.1 Å². The van der Waals surface area contributed by atoms with Gasteiger partial charge in [0.15, 0.2) is 0 Å². The van der Waals surface area contributed by atoms with Crippen LogP contribution >= 0.6 is 15.9 Å². The number of rotatable bonds is 4. The van der Waals surface area contributed by atoms with Gasteiger partial charge in [0, 0.05) is 23.1 Å². The molecule has 132 valence electrons. The molecule has 0 spiro atoms. The molecular formula is C20H22BrNO3. The van der Waals surface area contributed by atoms with Crippen LogP contribution in [0.5, 0.6) is 5.75 Å². The van der Waals surface area contributed by atoms with Crippen LogP contribution in [0.4, 0.5) is 0 Å². The largest absolute Gasteiger partial charge is 0.489 e. The molecule has 1 aliphatic rings. The van der Waals surface area contributed by atoms with Gasteiger partial charge in [0.2, 0.25) is 0 Å². The van der Waals surface area contributed by atoms with Gasteiger partial charge in [-0.05, 0) is 55.8 Å². The molecule has 2 unspecified atom stereocenters. The Kier molecular flexibility index (Phi) is 5.76. The maximum Gasteiger partial charge on any atom is 0.254 e. The van der Waals surface area contributed by atoms with Crippen molar-refractivity contribution in [2.45, 2.75) is 32.7 Å². The third-order valence-electron chi connectivity index (χ3n) is 4.10. The standard InChI is InChI=1S/C20H22BrNO3/c1-14-11-22(12-15(2)25-14)20(23)17-5-3-4-16(10-17)13-24-19-8-6-18(21)7-9-19/h3-10,14-15H,11-13H2,1-2H3. The predicted molar refractivity (Wildman–Crippen MR) is 101 cm³/mol. The van der Waals surface area contributed by atoms with Crippen LogP contribution in [0.1, 0.15) is 29.8 Å². The third-order valence-corrected chi connectivity index (χ3v) is 4.63. The van der Waals surface area contributed by atoms with Crippen molar-refractivity contribution in [1.82, 2.24) is 4.90 Å². The Morgan fingerprint density at radius 1 is 1.16 bits per heavy atom. The monoisotopic (exact) mass is 403 g/mol. The second-order valence-electron chi connectivity index (χ2n) is 6.41. The fourth-order valence-electron chi connectivity index (χ4n) is 3.02. The van der Waals surface area contributed by atoms with Crippen molar-refractivity contribution in [2.24, 2.45) is 0 Å². The Hall–Kier alpha value is -1.85. The number of carbonyl (C=O) groups is 1. The van der Waals surface area contributed by atoms with Gasteiger partial charge in [-0.2, -0.15) is 0 Å². The van der Waals surface area contributed by atoms with E-state index in [1.807, 2.05) is 67.3 Å². The highest BCUT2D eigenvalue weighted by Gasteiger charge is 2.26. The van der Waals surface area contributed by atoms with E-state index in [1.54, 1.807) is 0 Å². The second kappa shape index (κ2) is 8.02. The van der Waals surface area contributed by atoms with E-state index < -0.39 is 0 Å². The van der Waals surface area contributed by atoms with Crippen LogP contribution in [0.25, 0.3) is 0 Å². The molecule has 0 aliphatic carbocycles. The van der Waals surface area contributed by atoms with Crippen LogP contribution in [0, 0.1) is 0 Å². The number of hydrogen-bond donors (Lipinski definition) is 0. The molecule has 0 N–H and O–H groups in total. The summed E-state index contributed by atoms with van der Waals surface area (Å²) in [6.07, 6.45) is 0.133. The molecule has 1 amide bonds. The molecule has 0 radical (unpaired) electrons. The lowest BCUT2D eigenvalue weighted by Crippen LogP contribution is -2.48. The number of hydrogen-bond acceptors (Lipinski definition) is 3. The Bertz CT molecular complexity index is 722. The molecule has 0 bridgehead atoms. The molecule has 2 atom stereocenters. The Balaban J connectivity index is 1.66. The molecule has 0 saturated carbocycles. The summed E-state index contributed by atoms with van der Waals surface area (Å²) in [4.78, 5) is 14.6. The van der Waals surface area contributed by atoms with Crippen LogP contribution in [-0.2, 0) is 11.3 Å². The van der Waals surface area contributed by atoms with Crippen molar-refractivity contribution in [3.63, 3.8) is 0 Å². The summed E-state index contributed by atoms with van der Waals surface area (Å²) >= 11 is 3.41. The number of ether oxygens (including phenoxy) is 2. The maximum atomic E-state index is 12.8. The molecule has 3 rings (SSSR count). The van der Waals surface area contributed by atoms with E-state index >= 15 is 0 Å². The number of benzene rings is 2. The normalized spacial score (nSPS) is 20.4. The van der Waals surface area contributed by atoms with Crippen molar-refractivity contribution in [2.75, 3.05) is 13.1 Å². The molecular weight excluding hydrogens is 382 g/mol. The third kappa shape index (κ3) is 4.83. The van der Waals surface area contributed by atoms with Gasteiger partial charge in [-0.1, -0.05) is 28.1 Å². The molecule has 1 saturated heterocycles. The predicted octanol–water partition coefficient (Wildman–Crippen LogP) is 4.28. The summed E-state index contributed by atoms with van der Waals surface area (Å²) in [5, 5.41) is 0. The van der Waals surface area contributed by atoms with Gasteiger partial charge in [0.25, 0.3) is 5.91 Å². The van der Waals surface area contributed by atoms with Crippen molar-refractivity contribution in [3.8, 4) is 5.75 Å². The van der Waals surface area contributed by atoms with Crippen molar-refractivity contribution < 1.29 is 14.3 Å². The number of carbonyl (C=O) groups excluding carboxylic acids is 1. The lowest BCUT2D eigenvalue weighted by atomic mass is 10.1. The highest BCUT2D eigenvalue weighted by Crippen LogP contribution is 2.19. The highest BCUT2D eigenvalue weighted by molar-refractivity contribution is 9.10. The summed E-state index contributed by atoms with van der Waals surface area (Å²) in [5.41, 5.74) is 1.67. The molecule has 2 aromatic rings. The lowest BCUT2D eigenvalue weighted by molar-refractivity contribution is -0.0586. The summed E-state index contributed by atoms with van der Waals surface area (Å²) < 4.78 is 12.5. The summed E-state index contributed by atoms with van der Waals surface area (Å²) in [7, 11) is 0. The number of nitrogens with zero attached hydrogens (tertiary/aromatic N) is 1. The molecule has 0 aromatic heterocycles. The van der Waals surface area contributed by atoms with Gasteiger partial charge in [-0.25, -0.2) is 0 Å². The van der Waals surface area contributed by atoms with Crippen LogP contribution in [0.2, 0.25) is 0 Å². The minimum atomic E-state index is 0.0486. The first kappa shape index (κ1) is 18.0. The van der Waals surface area contributed by atoms with Crippen molar-refractivity contribution in [1.29, 1.82) is 0 Å². The number of halogens is 1. The molecule has 1 heterocycles. The molecule has 25 heavy (non-hydrogen) atoms. The van der Waals surface area contributed by atoms with Crippen molar-refractivity contribution in [3.05, 3.63) is 64.1 Å². The first-order chi connectivity index (χ1) is 12.0. The van der Waals surface area contributed by atoms with Gasteiger partial charge in [0.1, 0.15) is 12.4 Å². The van der Waals surface area contributed by atoms with Crippen LogP contribution in [0.15, 0.2) is 53.0 Å². The molecule has 5 heteroatoms. The topological polar surface area (TPSA) is 38.8 Å². The second-order valence-corrected chi connectivity index (χ2v) is 7.33. The van der Waals surface area contributed by atoms with Crippen LogP contribution in [-0.4, -0.2) is 36.1 Å². The smallest absolute Gasteiger partial charge is 0.254 e. The zero-order valence-corrected chi connectivity index (χ0v) is 16.0. The highest BCUT2D eigenvalue weighted by atomic mass is 79.9. The summed E-state index contributed by atoms with van der Waals surface area (Å²) in [5.74, 6) is 0.850. The zero-order chi connectivity index (χ0) is 17.8. The van der Waals surface area contributed by atoms with Gasteiger partial charge in [-0.3, -0.25) is 4.79 Å². The minimum Gasteiger partial charge on any atom is -0.489 e. The van der Waals surface area contributed by atoms with Crippen molar-refractivity contribution >= 4 is 21.8 Å². The molecule has 2 aromatic carbocycles. The Morgan fingerprint density at radius 3 is 2.52 bits per heavy atom. The Morgan fingerprint density at radius 2 is 1.84 bits per heavy atom. The van der Waals surface area contributed by atoms with E-state index in [0.717, 1.165) is 15.8 Å². The Labute approximate surface area is 156 Å². The van der Waals surface area contributed by atoms with Gasteiger partial charge >= 0.3 is 0 Å². The van der Waals surface area contributed by atoms with E-state index in [4.69, 9.17) is 9.47 Å². The molecule has 4 nitrogen and oxygen atoms in total. The fraction of sp³-hybridized carbons (Fsp3) is 0.350. The first-order valence-electron chi connectivity index (χ1n) is 8.43. The van der Waals surface area contributed by atoms with E-state index in [0.29, 0.717) is 25.3 Å². The maximum absolute atomic E-state index is 12.8. The molecule has 1 fully saturated rings.